The van der Waals surface area contributed by atoms with E-state index in [1.54, 1.807) is 43.3 Å². The maximum atomic E-state index is 13.5. The molecule has 3 atom stereocenters. The van der Waals surface area contributed by atoms with Gasteiger partial charge in [-0.25, -0.2) is 8.42 Å². The van der Waals surface area contributed by atoms with Crippen molar-refractivity contribution in [1.82, 2.24) is 10.2 Å². The van der Waals surface area contributed by atoms with Gasteiger partial charge in [-0.15, -0.1) is 0 Å². The van der Waals surface area contributed by atoms with Crippen LogP contribution in [0.4, 0.5) is 5.69 Å². The summed E-state index contributed by atoms with van der Waals surface area (Å²) in [7, 11) is -0.596. The van der Waals surface area contributed by atoms with E-state index in [2.05, 4.69) is 17.0 Å². The summed E-state index contributed by atoms with van der Waals surface area (Å²) < 4.78 is 46.3. The highest BCUT2D eigenvalue weighted by molar-refractivity contribution is 7.92. The second-order valence-corrected chi connectivity index (χ2v) is 11.4. The van der Waals surface area contributed by atoms with Gasteiger partial charge in [0.25, 0.3) is 15.9 Å². The number of sulfonamides is 1. The Balaban J connectivity index is 1.56. The van der Waals surface area contributed by atoms with Crippen molar-refractivity contribution in [1.29, 1.82) is 0 Å². The number of rotatable bonds is 6. The first-order valence-corrected chi connectivity index (χ1v) is 14.3. The van der Waals surface area contributed by atoms with Crippen molar-refractivity contribution in [3.63, 3.8) is 0 Å². The number of para-hydroxylation sites is 1. The normalized spacial score (nSPS) is 20.7. The number of likely N-dealkylation sites (N-methyl/N-ethyl adjacent to an activating group) is 1. The van der Waals surface area contributed by atoms with E-state index in [0.717, 1.165) is 6.54 Å². The molecule has 0 saturated heterocycles. The molecular formula is C29H35N3O6S. The molecule has 0 aromatic heterocycles. The zero-order chi connectivity index (χ0) is 28.0. The molecule has 3 aromatic carbocycles. The molecule has 9 nitrogen and oxygen atoms in total. The van der Waals surface area contributed by atoms with Crippen LogP contribution in [0.2, 0.25) is 0 Å². The average Bonchev–Trinajstić information content (AvgIpc) is 2.93. The smallest absolute Gasteiger partial charge is 0.261 e. The first-order valence-electron chi connectivity index (χ1n) is 12.8. The third-order valence-corrected chi connectivity index (χ3v) is 7.99. The van der Waals surface area contributed by atoms with Gasteiger partial charge >= 0.3 is 0 Å². The van der Waals surface area contributed by atoms with Crippen LogP contribution in [0, 0.1) is 5.92 Å². The number of fused-ring (bicyclic) bond motifs is 1. The van der Waals surface area contributed by atoms with Gasteiger partial charge in [0, 0.05) is 39.0 Å². The summed E-state index contributed by atoms with van der Waals surface area (Å²) in [6.45, 7) is 5.51. The monoisotopic (exact) mass is 553 g/mol. The lowest BCUT2D eigenvalue weighted by Gasteiger charge is -2.30. The molecule has 0 fully saturated rings. The molecule has 0 aliphatic carbocycles. The first-order chi connectivity index (χ1) is 18.7. The fraction of sp³-hybridized carbons (Fsp3) is 0.345. The minimum atomic E-state index is -3.93. The van der Waals surface area contributed by atoms with Crippen LogP contribution in [0.5, 0.6) is 17.2 Å². The molecular weight excluding hydrogens is 518 g/mol. The average molecular weight is 554 g/mol. The van der Waals surface area contributed by atoms with E-state index in [-0.39, 0.29) is 40.1 Å². The summed E-state index contributed by atoms with van der Waals surface area (Å²) in [5.41, 5.74) is 0.512. The van der Waals surface area contributed by atoms with Crippen LogP contribution in [-0.4, -0.2) is 65.2 Å². The van der Waals surface area contributed by atoms with Crippen LogP contribution in [0.1, 0.15) is 24.2 Å². The summed E-state index contributed by atoms with van der Waals surface area (Å²) in [5, 5.41) is 3.44. The molecule has 1 amide bonds. The van der Waals surface area contributed by atoms with E-state index in [4.69, 9.17) is 14.2 Å². The molecule has 208 valence electrons. The lowest BCUT2D eigenvalue weighted by Crippen LogP contribution is -2.44. The maximum Gasteiger partial charge on any atom is 0.261 e. The largest absolute Gasteiger partial charge is 0.491 e. The van der Waals surface area contributed by atoms with Crippen LogP contribution in [0.25, 0.3) is 0 Å². The van der Waals surface area contributed by atoms with Gasteiger partial charge in [0.1, 0.15) is 23.9 Å². The predicted octanol–water partition coefficient (Wildman–Crippen LogP) is 4.37. The fourth-order valence-corrected chi connectivity index (χ4v) is 5.30. The molecule has 0 saturated carbocycles. The molecule has 10 heteroatoms. The third kappa shape index (κ3) is 7.29. The Kier molecular flexibility index (Phi) is 9.11. The lowest BCUT2D eigenvalue weighted by molar-refractivity contribution is 0.0281. The van der Waals surface area contributed by atoms with Crippen LogP contribution < -0.4 is 19.5 Å². The van der Waals surface area contributed by atoms with Gasteiger partial charge in [-0.1, -0.05) is 25.1 Å². The van der Waals surface area contributed by atoms with Crippen LogP contribution in [0.3, 0.4) is 0 Å². The standard InChI is InChI=1S/C29H35N3O6S/c1-20-17-30-21(2)19-37-27-15-10-22(16-26(27)29(33)32(3)18-28(20)36-4)31-39(34,35)25-13-11-24(12-14-25)38-23-8-6-5-7-9-23/h5-16,20-21,28,30-31H,17-19H2,1-4H3/t20-,21+,28+/m1/s1. The number of carbonyl (C=O) groups is 1. The number of nitrogens with zero attached hydrogens (tertiary/aromatic N) is 1. The van der Waals surface area contributed by atoms with Gasteiger partial charge in [0.15, 0.2) is 0 Å². The summed E-state index contributed by atoms with van der Waals surface area (Å²) in [4.78, 5) is 15.1. The molecule has 1 aliphatic heterocycles. The SMILES string of the molecule is CO[C@H]1CN(C)C(=O)c2cc(NS(=O)(=O)c3ccc(Oc4ccccc4)cc3)ccc2OC[C@H](C)NC[C@H]1C. The molecule has 0 spiro atoms. The summed E-state index contributed by atoms with van der Waals surface area (Å²) >= 11 is 0. The Morgan fingerprint density at radius 2 is 1.69 bits per heavy atom. The first kappa shape index (κ1) is 28.4. The molecule has 1 heterocycles. The minimum Gasteiger partial charge on any atom is -0.491 e. The Morgan fingerprint density at radius 3 is 2.38 bits per heavy atom. The van der Waals surface area contributed by atoms with E-state index >= 15 is 0 Å². The second kappa shape index (κ2) is 12.5. The lowest BCUT2D eigenvalue weighted by atomic mass is 10.0. The molecule has 0 unspecified atom stereocenters. The number of hydrogen-bond donors (Lipinski definition) is 2. The van der Waals surface area contributed by atoms with Gasteiger partial charge in [0.05, 0.1) is 16.6 Å². The predicted molar refractivity (Wildman–Crippen MR) is 150 cm³/mol. The third-order valence-electron chi connectivity index (χ3n) is 6.59. The molecule has 0 bridgehead atoms. The summed E-state index contributed by atoms with van der Waals surface area (Å²) in [6, 6.07) is 20.1. The van der Waals surface area contributed by atoms with E-state index < -0.39 is 10.0 Å². The van der Waals surface area contributed by atoms with Crippen molar-refractivity contribution in [2.75, 3.05) is 38.6 Å². The number of nitrogens with one attached hydrogen (secondary N) is 2. The molecule has 4 rings (SSSR count). The van der Waals surface area contributed by atoms with Crippen LogP contribution in [-0.2, 0) is 14.8 Å². The second-order valence-electron chi connectivity index (χ2n) is 9.76. The van der Waals surface area contributed by atoms with Crippen LogP contribution in [0.15, 0.2) is 77.7 Å². The van der Waals surface area contributed by atoms with E-state index in [1.165, 1.54) is 18.2 Å². The Labute approximate surface area is 230 Å². The Morgan fingerprint density at radius 1 is 1.00 bits per heavy atom. The minimum absolute atomic E-state index is 0.0390. The van der Waals surface area contributed by atoms with Crippen LogP contribution >= 0.6 is 0 Å². The summed E-state index contributed by atoms with van der Waals surface area (Å²) in [5.74, 6) is 1.42. The number of anilines is 1. The Bertz CT molecular complexity index is 1370. The number of ether oxygens (including phenoxy) is 3. The van der Waals surface area contributed by atoms with Gasteiger partial charge in [-0.3, -0.25) is 9.52 Å². The summed E-state index contributed by atoms with van der Waals surface area (Å²) in [6.07, 6.45) is -0.169. The van der Waals surface area contributed by atoms with Gasteiger partial charge in [0.2, 0.25) is 0 Å². The highest BCUT2D eigenvalue weighted by atomic mass is 32.2. The highest BCUT2D eigenvalue weighted by Gasteiger charge is 2.26. The van der Waals surface area contributed by atoms with Crippen molar-refractivity contribution in [3.05, 3.63) is 78.4 Å². The topological polar surface area (TPSA) is 106 Å². The fourth-order valence-electron chi connectivity index (χ4n) is 4.25. The van der Waals surface area contributed by atoms with E-state index in [1.807, 2.05) is 37.3 Å². The Hall–Kier alpha value is -3.60. The van der Waals surface area contributed by atoms with Crippen molar-refractivity contribution in [2.24, 2.45) is 5.92 Å². The molecule has 1 aliphatic rings. The zero-order valence-electron chi connectivity index (χ0n) is 22.6. The van der Waals surface area contributed by atoms with E-state index in [0.29, 0.717) is 30.4 Å². The number of amides is 1. The number of hydrogen-bond acceptors (Lipinski definition) is 7. The van der Waals surface area contributed by atoms with Crippen molar-refractivity contribution in [2.45, 2.75) is 30.9 Å². The van der Waals surface area contributed by atoms with Crippen molar-refractivity contribution < 1.29 is 27.4 Å². The molecule has 3 aromatic rings. The van der Waals surface area contributed by atoms with Crippen molar-refractivity contribution in [3.8, 4) is 17.2 Å². The quantitative estimate of drug-likeness (QED) is 0.467. The zero-order valence-corrected chi connectivity index (χ0v) is 23.4. The van der Waals surface area contributed by atoms with Gasteiger partial charge < -0.3 is 24.4 Å². The number of carbonyl (C=O) groups excluding carboxylic acids is 1. The molecule has 2 N–H and O–H groups in total. The maximum absolute atomic E-state index is 13.5. The number of benzene rings is 3. The van der Waals surface area contributed by atoms with Crippen molar-refractivity contribution >= 4 is 21.6 Å². The molecule has 0 radical (unpaired) electrons. The van der Waals surface area contributed by atoms with Gasteiger partial charge in [-0.2, -0.15) is 0 Å². The van der Waals surface area contributed by atoms with Gasteiger partial charge in [-0.05, 0) is 67.4 Å². The molecule has 39 heavy (non-hydrogen) atoms. The van der Waals surface area contributed by atoms with E-state index in [9.17, 15) is 13.2 Å². The number of methoxy groups -OCH3 is 1. The highest BCUT2D eigenvalue weighted by Crippen LogP contribution is 2.28.